The highest BCUT2D eigenvalue weighted by Gasteiger charge is 2.45. The van der Waals surface area contributed by atoms with Gasteiger partial charge in [-0.2, -0.15) is 0 Å². The number of nitrogens with zero attached hydrogens (tertiary/aromatic N) is 1. The molecule has 1 N–H and O–H groups in total. The zero-order valence-corrected chi connectivity index (χ0v) is 10.4. The van der Waals surface area contributed by atoms with Crippen molar-refractivity contribution in [2.24, 2.45) is 0 Å². The molecule has 0 radical (unpaired) electrons. The second kappa shape index (κ2) is 4.75. The number of anilines is 1. The lowest BCUT2D eigenvalue weighted by Gasteiger charge is -2.49. The molecule has 7 heteroatoms. The number of benzene rings is 1. The van der Waals surface area contributed by atoms with Gasteiger partial charge in [0, 0.05) is 20.3 Å². The van der Waals surface area contributed by atoms with Gasteiger partial charge in [0.1, 0.15) is 0 Å². The van der Waals surface area contributed by atoms with Crippen molar-refractivity contribution in [2.45, 2.75) is 5.79 Å². The Balaban J connectivity index is 2.32. The van der Waals surface area contributed by atoms with Gasteiger partial charge in [-0.15, -0.1) is 0 Å². The number of hydrogen-bond acceptors (Lipinski definition) is 4. The van der Waals surface area contributed by atoms with Gasteiger partial charge in [0.2, 0.25) is 5.79 Å². The van der Waals surface area contributed by atoms with Gasteiger partial charge in [0.05, 0.1) is 24.3 Å². The molecule has 2 rings (SSSR count). The molecular formula is C12H13F2NO4. The van der Waals surface area contributed by atoms with Crippen LogP contribution in [-0.4, -0.2) is 44.2 Å². The molecule has 0 aromatic heterocycles. The van der Waals surface area contributed by atoms with Gasteiger partial charge in [0.15, 0.2) is 11.6 Å². The van der Waals surface area contributed by atoms with Crippen LogP contribution in [0.3, 0.4) is 0 Å². The van der Waals surface area contributed by atoms with Crippen LogP contribution in [0.15, 0.2) is 12.1 Å². The molecule has 0 amide bonds. The smallest absolute Gasteiger partial charge is 0.337 e. The number of aromatic carboxylic acids is 1. The number of halogens is 2. The van der Waals surface area contributed by atoms with Crippen LogP contribution in [-0.2, 0) is 9.47 Å². The standard InChI is InChI=1S/C12H13F2NO4/c1-18-12(19-2)5-15(6-12)10-4-9(14)8(13)3-7(10)11(16)17/h3-4H,5-6H2,1-2H3,(H,16,17). The molecule has 1 aliphatic rings. The van der Waals surface area contributed by atoms with Crippen LogP contribution in [0.1, 0.15) is 10.4 Å². The largest absolute Gasteiger partial charge is 0.478 e. The highest BCUT2D eigenvalue weighted by Crippen LogP contribution is 2.34. The predicted octanol–water partition coefficient (Wildman–Crippen LogP) is 1.47. The molecule has 0 saturated carbocycles. The van der Waals surface area contributed by atoms with Crippen LogP contribution in [0.5, 0.6) is 0 Å². The van der Waals surface area contributed by atoms with Crippen molar-refractivity contribution in [3.8, 4) is 0 Å². The Kier molecular flexibility index (Phi) is 3.42. The third-order valence-corrected chi connectivity index (χ3v) is 3.22. The summed E-state index contributed by atoms with van der Waals surface area (Å²) < 4.78 is 36.6. The van der Waals surface area contributed by atoms with E-state index in [1.165, 1.54) is 14.2 Å². The van der Waals surface area contributed by atoms with E-state index in [1.54, 1.807) is 4.90 Å². The lowest BCUT2D eigenvalue weighted by molar-refractivity contribution is -0.219. The Bertz CT molecular complexity index is 509. The maximum Gasteiger partial charge on any atom is 0.337 e. The van der Waals surface area contributed by atoms with E-state index >= 15 is 0 Å². The molecule has 1 saturated heterocycles. The number of carboxylic acid groups (broad SMARTS) is 1. The monoisotopic (exact) mass is 273 g/mol. The van der Waals surface area contributed by atoms with Crippen LogP contribution in [0, 0.1) is 11.6 Å². The first kappa shape index (κ1) is 13.7. The van der Waals surface area contributed by atoms with Gasteiger partial charge < -0.3 is 19.5 Å². The fourth-order valence-electron chi connectivity index (χ4n) is 2.02. The lowest BCUT2D eigenvalue weighted by atomic mass is 10.0. The maximum absolute atomic E-state index is 13.2. The molecule has 104 valence electrons. The summed E-state index contributed by atoms with van der Waals surface area (Å²) in [5.74, 6) is -4.43. The van der Waals surface area contributed by atoms with Crippen molar-refractivity contribution in [1.82, 2.24) is 0 Å². The zero-order valence-electron chi connectivity index (χ0n) is 10.4. The molecule has 1 heterocycles. The van der Waals surface area contributed by atoms with E-state index < -0.39 is 23.4 Å². The van der Waals surface area contributed by atoms with Crippen molar-refractivity contribution in [3.63, 3.8) is 0 Å². The molecule has 0 spiro atoms. The topological polar surface area (TPSA) is 59.0 Å². The van der Waals surface area contributed by atoms with Gasteiger partial charge >= 0.3 is 5.97 Å². The molecule has 1 aliphatic heterocycles. The summed E-state index contributed by atoms with van der Waals surface area (Å²) in [6.07, 6.45) is 0. The number of rotatable bonds is 4. The molecule has 0 bridgehead atoms. The van der Waals surface area contributed by atoms with Crippen LogP contribution < -0.4 is 4.90 Å². The first-order valence-corrected chi connectivity index (χ1v) is 5.50. The number of methoxy groups -OCH3 is 2. The first-order chi connectivity index (χ1) is 8.92. The molecule has 0 unspecified atom stereocenters. The predicted molar refractivity (Wildman–Crippen MR) is 62.3 cm³/mol. The third-order valence-electron chi connectivity index (χ3n) is 3.22. The summed E-state index contributed by atoms with van der Waals surface area (Å²) in [6, 6.07) is 1.54. The average Bonchev–Trinajstić information content (AvgIpc) is 2.32. The molecule has 1 aromatic rings. The molecule has 1 aromatic carbocycles. The van der Waals surface area contributed by atoms with E-state index in [9.17, 15) is 13.6 Å². The highest BCUT2D eigenvalue weighted by atomic mass is 19.2. The summed E-state index contributed by atoms with van der Waals surface area (Å²) in [5.41, 5.74) is -0.184. The lowest BCUT2D eigenvalue weighted by Crippen LogP contribution is -2.64. The number of carboxylic acids is 1. The normalized spacial score (nSPS) is 17.2. The van der Waals surface area contributed by atoms with Crippen LogP contribution in [0.2, 0.25) is 0 Å². The van der Waals surface area contributed by atoms with Gasteiger partial charge in [-0.05, 0) is 6.07 Å². The molecule has 5 nitrogen and oxygen atoms in total. The minimum Gasteiger partial charge on any atom is -0.478 e. The zero-order chi connectivity index (χ0) is 14.2. The Labute approximate surface area is 108 Å². The van der Waals surface area contributed by atoms with Gasteiger partial charge in [-0.1, -0.05) is 0 Å². The van der Waals surface area contributed by atoms with Gasteiger partial charge in [-0.3, -0.25) is 0 Å². The summed E-state index contributed by atoms with van der Waals surface area (Å²) >= 11 is 0. The minimum absolute atomic E-state index is 0.108. The summed E-state index contributed by atoms with van der Waals surface area (Å²) in [6.45, 7) is 0.483. The van der Waals surface area contributed by atoms with E-state index in [-0.39, 0.29) is 24.3 Å². The Morgan fingerprint density at radius 1 is 1.26 bits per heavy atom. The highest BCUT2D eigenvalue weighted by molar-refractivity contribution is 5.94. The first-order valence-electron chi connectivity index (χ1n) is 5.50. The molecule has 0 aliphatic carbocycles. The van der Waals surface area contributed by atoms with Gasteiger partial charge in [0.25, 0.3) is 0 Å². The number of carbonyl (C=O) groups is 1. The minimum atomic E-state index is -1.32. The average molecular weight is 273 g/mol. The third kappa shape index (κ3) is 2.26. The van der Waals surface area contributed by atoms with Crippen molar-refractivity contribution in [1.29, 1.82) is 0 Å². The molecular weight excluding hydrogens is 260 g/mol. The van der Waals surface area contributed by atoms with Crippen LogP contribution >= 0.6 is 0 Å². The van der Waals surface area contributed by atoms with E-state index in [4.69, 9.17) is 14.6 Å². The van der Waals surface area contributed by atoms with Crippen molar-refractivity contribution in [2.75, 3.05) is 32.2 Å². The van der Waals surface area contributed by atoms with Gasteiger partial charge in [-0.25, -0.2) is 13.6 Å². The van der Waals surface area contributed by atoms with E-state index in [0.717, 1.165) is 6.07 Å². The Morgan fingerprint density at radius 2 is 1.79 bits per heavy atom. The van der Waals surface area contributed by atoms with Crippen molar-refractivity contribution < 1.29 is 28.2 Å². The number of ether oxygens (including phenoxy) is 2. The second-order valence-electron chi connectivity index (χ2n) is 4.26. The number of hydrogen-bond donors (Lipinski definition) is 1. The molecule has 19 heavy (non-hydrogen) atoms. The summed E-state index contributed by atoms with van der Waals surface area (Å²) in [4.78, 5) is 12.6. The molecule has 1 fully saturated rings. The quantitative estimate of drug-likeness (QED) is 0.842. The van der Waals surface area contributed by atoms with Crippen molar-refractivity contribution >= 4 is 11.7 Å². The van der Waals surface area contributed by atoms with E-state index in [0.29, 0.717) is 6.07 Å². The fraction of sp³-hybridized carbons (Fsp3) is 0.417. The van der Waals surface area contributed by atoms with Crippen molar-refractivity contribution in [3.05, 3.63) is 29.3 Å². The summed E-state index contributed by atoms with van der Waals surface area (Å²) in [7, 11) is 2.92. The fourth-order valence-corrected chi connectivity index (χ4v) is 2.02. The Hall–Kier alpha value is -1.73. The van der Waals surface area contributed by atoms with Crippen LogP contribution in [0.4, 0.5) is 14.5 Å². The summed E-state index contributed by atoms with van der Waals surface area (Å²) in [5, 5.41) is 9.02. The van der Waals surface area contributed by atoms with E-state index in [1.807, 2.05) is 0 Å². The molecule has 0 atom stereocenters. The second-order valence-corrected chi connectivity index (χ2v) is 4.26. The van der Waals surface area contributed by atoms with E-state index in [2.05, 4.69) is 0 Å². The van der Waals surface area contributed by atoms with Crippen LogP contribution in [0.25, 0.3) is 0 Å². The maximum atomic E-state index is 13.2. The Morgan fingerprint density at radius 3 is 2.26 bits per heavy atom. The SMILES string of the molecule is COC1(OC)CN(c2cc(F)c(F)cc2C(=O)O)C1.